The van der Waals surface area contributed by atoms with Gasteiger partial charge in [-0.1, -0.05) is 6.07 Å². The van der Waals surface area contributed by atoms with Crippen LogP contribution in [0.4, 0.5) is 0 Å². The zero-order chi connectivity index (χ0) is 8.55. The molecule has 0 unspecified atom stereocenters. The second-order valence-electron chi connectivity index (χ2n) is 2.34. The highest BCUT2D eigenvalue weighted by Gasteiger charge is 2.03. The lowest BCUT2D eigenvalue weighted by atomic mass is 10.4. The summed E-state index contributed by atoms with van der Waals surface area (Å²) in [5, 5.41) is 0. The van der Waals surface area contributed by atoms with Crippen LogP contribution in [0.3, 0.4) is 0 Å². The molecule has 0 N–H and O–H groups in total. The lowest BCUT2D eigenvalue weighted by Gasteiger charge is -1.97. The van der Waals surface area contributed by atoms with Gasteiger partial charge in [-0.2, -0.15) is 0 Å². The van der Waals surface area contributed by atoms with Crippen molar-refractivity contribution >= 4 is 27.9 Å². The van der Waals surface area contributed by atoms with Gasteiger partial charge in [-0.25, -0.2) is 4.98 Å². The van der Waals surface area contributed by atoms with Gasteiger partial charge in [0.05, 0.1) is 10.8 Å². The van der Waals surface area contributed by atoms with Gasteiger partial charge in [-0.05, 0) is 28.1 Å². The van der Waals surface area contributed by atoms with Crippen LogP contribution in [0.2, 0.25) is 0 Å². The number of rotatable bonds is 1. The molecule has 2 rings (SSSR count). The lowest BCUT2D eigenvalue weighted by Crippen LogP contribution is -1.91. The molecule has 4 heteroatoms. The molecular weight excluding hydrogens is 220 g/mol. The molecule has 2 heterocycles. The molecule has 0 aliphatic heterocycles. The van der Waals surface area contributed by atoms with E-state index in [1.165, 1.54) is 0 Å². The molecule has 3 nitrogen and oxygen atoms in total. The third-order valence-electron chi connectivity index (χ3n) is 1.63. The van der Waals surface area contributed by atoms with E-state index < -0.39 is 0 Å². The van der Waals surface area contributed by atoms with Crippen LogP contribution >= 0.6 is 15.9 Å². The molecule has 0 fully saturated rings. The molecule has 0 aliphatic carbocycles. The Morgan fingerprint density at radius 2 is 2.33 bits per heavy atom. The Balaban J connectivity index is 2.91. The van der Waals surface area contributed by atoms with Gasteiger partial charge in [-0.3, -0.25) is 9.20 Å². The van der Waals surface area contributed by atoms with Gasteiger partial charge in [-0.15, -0.1) is 0 Å². The quantitative estimate of drug-likeness (QED) is 0.548. The van der Waals surface area contributed by atoms with Crippen LogP contribution in [0.25, 0.3) is 5.65 Å². The molecule has 0 saturated carbocycles. The Kier molecular flexibility index (Phi) is 1.69. The molecule has 0 aromatic carbocycles. The largest absolute Gasteiger partial charge is 0.296 e. The minimum Gasteiger partial charge on any atom is -0.296 e. The first-order valence-corrected chi connectivity index (χ1v) is 4.19. The predicted molar refractivity (Wildman–Crippen MR) is 48.3 cm³/mol. The number of fused-ring (bicyclic) bond motifs is 1. The summed E-state index contributed by atoms with van der Waals surface area (Å²) in [6.45, 7) is 0. The third-order valence-corrected chi connectivity index (χ3v) is 2.25. The Morgan fingerprint density at radius 3 is 3.08 bits per heavy atom. The third kappa shape index (κ3) is 0.956. The predicted octanol–water partition coefficient (Wildman–Crippen LogP) is 1.91. The molecule has 0 atom stereocenters. The van der Waals surface area contributed by atoms with Crippen LogP contribution in [0.15, 0.2) is 29.0 Å². The number of halogens is 1. The molecule has 12 heavy (non-hydrogen) atoms. The number of aromatic nitrogens is 2. The van der Waals surface area contributed by atoms with E-state index in [-0.39, 0.29) is 0 Å². The Morgan fingerprint density at radius 1 is 1.50 bits per heavy atom. The SMILES string of the molecule is O=Cc1cnc2cccc(Br)n12. The van der Waals surface area contributed by atoms with E-state index in [0.717, 1.165) is 16.5 Å². The van der Waals surface area contributed by atoms with E-state index in [4.69, 9.17) is 0 Å². The number of imidazole rings is 1. The van der Waals surface area contributed by atoms with Crippen LogP contribution in [0, 0.1) is 0 Å². The minimum atomic E-state index is 0.553. The second-order valence-corrected chi connectivity index (χ2v) is 3.16. The van der Waals surface area contributed by atoms with Crippen molar-refractivity contribution in [2.24, 2.45) is 0 Å². The van der Waals surface area contributed by atoms with E-state index in [9.17, 15) is 4.79 Å². The van der Waals surface area contributed by atoms with E-state index >= 15 is 0 Å². The first-order chi connectivity index (χ1) is 5.83. The number of aldehydes is 1. The number of hydrogen-bond acceptors (Lipinski definition) is 2. The van der Waals surface area contributed by atoms with Crippen molar-refractivity contribution in [3.05, 3.63) is 34.7 Å². The van der Waals surface area contributed by atoms with E-state index in [1.54, 1.807) is 10.6 Å². The second kappa shape index (κ2) is 2.71. The highest BCUT2D eigenvalue weighted by molar-refractivity contribution is 9.10. The van der Waals surface area contributed by atoms with Crippen LogP contribution in [0.5, 0.6) is 0 Å². The summed E-state index contributed by atoms with van der Waals surface area (Å²) in [5.74, 6) is 0. The van der Waals surface area contributed by atoms with E-state index in [0.29, 0.717) is 5.69 Å². The summed E-state index contributed by atoms with van der Waals surface area (Å²) in [6, 6.07) is 5.58. The first kappa shape index (κ1) is 7.49. The van der Waals surface area contributed by atoms with Crippen molar-refractivity contribution in [1.82, 2.24) is 9.38 Å². The molecule has 0 amide bonds. The molecule has 0 spiro atoms. The normalized spacial score (nSPS) is 10.4. The summed E-state index contributed by atoms with van der Waals surface area (Å²) in [5.41, 5.74) is 1.32. The number of carbonyl (C=O) groups is 1. The number of carbonyl (C=O) groups excluding carboxylic acids is 1. The van der Waals surface area contributed by atoms with Gasteiger partial charge >= 0.3 is 0 Å². The average molecular weight is 225 g/mol. The van der Waals surface area contributed by atoms with Gasteiger partial charge in [0.2, 0.25) is 0 Å². The van der Waals surface area contributed by atoms with Crippen molar-refractivity contribution in [3.8, 4) is 0 Å². The van der Waals surface area contributed by atoms with Gasteiger partial charge in [0.15, 0.2) is 6.29 Å². The van der Waals surface area contributed by atoms with Crippen molar-refractivity contribution in [1.29, 1.82) is 0 Å². The summed E-state index contributed by atoms with van der Waals surface area (Å²) >= 11 is 3.33. The number of pyridine rings is 1. The highest BCUT2D eigenvalue weighted by Crippen LogP contribution is 2.14. The average Bonchev–Trinajstić information content (AvgIpc) is 2.49. The monoisotopic (exact) mass is 224 g/mol. The molecule has 2 aromatic heterocycles. The van der Waals surface area contributed by atoms with Crippen molar-refractivity contribution < 1.29 is 4.79 Å². The molecule has 2 aromatic rings. The minimum absolute atomic E-state index is 0.553. The summed E-state index contributed by atoms with van der Waals surface area (Å²) in [7, 11) is 0. The molecular formula is C8H5BrN2O. The zero-order valence-electron chi connectivity index (χ0n) is 6.07. The van der Waals surface area contributed by atoms with Gasteiger partial charge in [0.25, 0.3) is 0 Å². The molecule has 0 radical (unpaired) electrons. The van der Waals surface area contributed by atoms with Crippen molar-refractivity contribution in [2.75, 3.05) is 0 Å². The Hall–Kier alpha value is -1.16. The maximum atomic E-state index is 10.6. The standard InChI is InChI=1S/C8H5BrN2O/c9-7-2-1-3-8-10-4-6(5-12)11(7)8/h1-5H. The van der Waals surface area contributed by atoms with Gasteiger partial charge in [0, 0.05) is 0 Å². The molecule has 0 bridgehead atoms. The van der Waals surface area contributed by atoms with Crippen LogP contribution in [-0.4, -0.2) is 15.7 Å². The van der Waals surface area contributed by atoms with Crippen LogP contribution in [-0.2, 0) is 0 Å². The van der Waals surface area contributed by atoms with Gasteiger partial charge in [0.1, 0.15) is 11.3 Å². The topological polar surface area (TPSA) is 34.4 Å². The van der Waals surface area contributed by atoms with Crippen molar-refractivity contribution in [2.45, 2.75) is 0 Å². The van der Waals surface area contributed by atoms with E-state index in [1.807, 2.05) is 18.2 Å². The van der Waals surface area contributed by atoms with Crippen LogP contribution in [0.1, 0.15) is 10.5 Å². The fraction of sp³-hybridized carbons (Fsp3) is 0. The summed E-state index contributed by atoms with van der Waals surface area (Å²) in [4.78, 5) is 14.6. The number of hydrogen-bond donors (Lipinski definition) is 0. The van der Waals surface area contributed by atoms with Crippen LogP contribution < -0.4 is 0 Å². The highest BCUT2D eigenvalue weighted by atomic mass is 79.9. The maximum absolute atomic E-state index is 10.6. The lowest BCUT2D eigenvalue weighted by molar-refractivity contribution is 0.111. The first-order valence-electron chi connectivity index (χ1n) is 3.40. The molecule has 0 aliphatic rings. The zero-order valence-corrected chi connectivity index (χ0v) is 7.65. The van der Waals surface area contributed by atoms with Gasteiger partial charge < -0.3 is 0 Å². The molecule has 0 saturated heterocycles. The Labute approximate surface area is 77.2 Å². The number of nitrogens with zero attached hydrogens (tertiary/aromatic N) is 2. The maximum Gasteiger partial charge on any atom is 0.168 e. The fourth-order valence-corrected chi connectivity index (χ4v) is 1.64. The summed E-state index contributed by atoms with van der Waals surface area (Å²) in [6.07, 6.45) is 2.33. The van der Waals surface area contributed by atoms with E-state index in [2.05, 4.69) is 20.9 Å². The smallest absolute Gasteiger partial charge is 0.168 e. The molecule has 60 valence electrons. The fourth-order valence-electron chi connectivity index (χ4n) is 1.10. The Bertz CT molecular complexity index is 436. The van der Waals surface area contributed by atoms with Crippen molar-refractivity contribution in [3.63, 3.8) is 0 Å². The summed E-state index contributed by atoms with van der Waals surface area (Å²) < 4.78 is 2.58.